The molecule has 2 unspecified atom stereocenters. The van der Waals surface area contributed by atoms with Gasteiger partial charge in [-0.15, -0.1) is 0 Å². The number of carboxylic acid groups (broad SMARTS) is 1. The van der Waals surface area contributed by atoms with Crippen LogP contribution in [-0.2, 0) is 9.53 Å². The lowest BCUT2D eigenvalue weighted by Gasteiger charge is -2.43. The molecule has 22 heavy (non-hydrogen) atoms. The Morgan fingerprint density at radius 2 is 1.82 bits per heavy atom. The Kier molecular flexibility index (Phi) is 7.59. The summed E-state index contributed by atoms with van der Waals surface area (Å²) in [7, 11) is 0. The number of aliphatic carboxylic acids is 1. The molecule has 0 aromatic heterocycles. The lowest BCUT2D eigenvalue weighted by molar-refractivity contribution is -0.241. The summed E-state index contributed by atoms with van der Waals surface area (Å²) in [5.74, 6) is -1.77. The Labute approximate surface area is 127 Å². The molecule has 1 aliphatic heterocycles. The maximum Gasteiger partial charge on any atom is 0.323 e. The van der Waals surface area contributed by atoms with Gasteiger partial charge in [-0.2, -0.15) is 5.48 Å². The normalized spacial score (nSPS) is 35.1. The summed E-state index contributed by atoms with van der Waals surface area (Å²) in [6, 6.07) is -1.20. The van der Waals surface area contributed by atoms with Gasteiger partial charge in [0, 0.05) is 5.92 Å². The molecule has 1 fully saturated rings. The maximum absolute atomic E-state index is 10.8. The molecule has 9 N–H and O–H groups in total. The van der Waals surface area contributed by atoms with Crippen LogP contribution in [0.5, 0.6) is 0 Å². The molecule has 10 nitrogen and oxygen atoms in total. The highest BCUT2D eigenvalue weighted by molar-refractivity contribution is 5.73. The number of carbonyl (C=O) groups is 1. The van der Waals surface area contributed by atoms with Crippen molar-refractivity contribution in [2.45, 2.75) is 49.4 Å². The molecular weight excluding hydrogens is 300 g/mol. The summed E-state index contributed by atoms with van der Waals surface area (Å²) in [6.07, 6.45) is -6.18. The van der Waals surface area contributed by atoms with Crippen LogP contribution in [0.2, 0.25) is 0 Å². The molecule has 7 atom stereocenters. The Balaban J connectivity index is 2.73. The lowest BCUT2D eigenvalue weighted by Crippen LogP contribution is -2.61. The number of hydroxylamine groups is 1. The standard InChI is InChI=1S/C12H24N2O8/c13-3-5(1-2-6(14-21)12(19)20)11-10(18)9(17)8(16)7(4-15)22-11/h5-11,14-18,21H,1-4,13H2,(H,19,20)/t5?,6-,7+,8-,9-,10+,11?/m0/s1. The molecule has 0 amide bonds. The first-order valence-corrected chi connectivity index (χ1v) is 7.00. The van der Waals surface area contributed by atoms with Gasteiger partial charge in [0.05, 0.1) is 12.7 Å². The fourth-order valence-corrected chi connectivity index (χ4v) is 2.56. The number of nitrogens with two attached hydrogens (primary N) is 1. The number of nitrogens with one attached hydrogen (secondary N) is 1. The van der Waals surface area contributed by atoms with E-state index in [1.165, 1.54) is 0 Å². The third-order valence-corrected chi connectivity index (χ3v) is 3.98. The van der Waals surface area contributed by atoms with Crippen LogP contribution in [0.4, 0.5) is 0 Å². The molecule has 1 saturated heterocycles. The van der Waals surface area contributed by atoms with Crippen molar-refractivity contribution < 1.29 is 40.3 Å². The Bertz CT molecular complexity index is 356. The predicted molar refractivity (Wildman–Crippen MR) is 71.9 cm³/mol. The second kappa shape index (κ2) is 8.70. The van der Waals surface area contributed by atoms with Crippen molar-refractivity contribution in [3.05, 3.63) is 0 Å². The van der Waals surface area contributed by atoms with Crippen molar-refractivity contribution >= 4 is 5.97 Å². The number of aliphatic hydroxyl groups is 4. The highest BCUT2D eigenvalue weighted by Gasteiger charge is 2.45. The van der Waals surface area contributed by atoms with Gasteiger partial charge in [-0.25, -0.2) is 0 Å². The molecule has 0 saturated carbocycles. The molecule has 0 aliphatic carbocycles. The van der Waals surface area contributed by atoms with E-state index < -0.39 is 55.1 Å². The molecule has 1 aliphatic rings. The number of rotatable bonds is 8. The zero-order valence-corrected chi connectivity index (χ0v) is 11.9. The topological polar surface area (TPSA) is 186 Å². The van der Waals surface area contributed by atoms with E-state index in [2.05, 4.69) is 0 Å². The summed E-state index contributed by atoms with van der Waals surface area (Å²) in [5.41, 5.74) is 7.27. The average molecular weight is 324 g/mol. The minimum absolute atomic E-state index is 0.0166. The first-order chi connectivity index (χ1) is 10.4. The van der Waals surface area contributed by atoms with Crippen LogP contribution >= 0.6 is 0 Å². The Morgan fingerprint density at radius 3 is 2.27 bits per heavy atom. The largest absolute Gasteiger partial charge is 0.480 e. The van der Waals surface area contributed by atoms with Crippen LogP contribution in [0.3, 0.4) is 0 Å². The van der Waals surface area contributed by atoms with Crippen molar-refractivity contribution in [3.8, 4) is 0 Å². The number of ether oxygens (including phenoxy) is 1. The zero-order chi connectivity index (χ0) is 16.9. The van der Waals surface area contributed by atoms with Crippen molar-refractivity contribution in [1.29, 1.82) is 0 Å². The van der Waals surface area contributed by atoms with Crippen LogP contribution < -0.4 is 11.2 Å². The maximum atomic E-state index is 10.8. The van der Waals surface area contributed by atoms with Gasteiger partial charge in [0.2, 0.25) is 0 Å². The number of hydrogen-bond acceptors (Lipinski definition) is 9. The van der Waals surface area contributed by atoms with E-state index in [4.69, 9.17) is 25.9 Å². The average Bonchev–Trinajstić information content (AvgIpc) is 2.50. The molecule has 130 valence electrons. The Hall–Kier alpha value is -0.850. The molecular formula is C12H24N2O8. The van der Waals surface area contributed by atoms with Gasteiger partial charge in [0.1, 0.15) is 30.5 Å². The fraction of sp³-hybridized carbons (Fsp3) is 0.917. The number of aliphatic hydroxyl groups excluding tert-OH is 4. The molecule has 1 heterocycles. The second-order valence-electron chi connectivity index (χ2n) is 5.39. The van der Waals surface area contributed by atoms with Gasteiger partial charge in [0.15, 0.2) is 0 Å². The van der Waals surface area contributed by atoms with Crippen molar-refractivity contribution in [3.63, 3.8) is 0 Å². The number of hydrogen-bond donors (Lipinski definition) is 8. The lowest BCUT2D eigenvalue weighted by atomic mass is 9.85. The summed E-state index contributed by atoms with van der Waals surface area (Å²) in [4.78, 5) is 10.8. The van der Waals surface area contributed by atoms with Crippen LogP contribution in [0.25, 0.3) is 0 Å². The summed E-state index contributed by atoms with van der Waals surface area (Å²) >= 11 is 0. The fourth-order valence-electron chi connectivity index (χ4n) is 2.56. The molecule has 0 aromatic rings. The third-order valence-electron chi connectivity index (χ3n) is 3.98. The SMILES string of the molecule is NCC(CC[C@H](NO)C(=O)O)C1O[C@H](CO)[C@H](O)[C@H](O)[C@H]1O. The first kappa shape index (κ1) is 19.2. The third kappa shape index (κ3) is 4.33. The molecule has 0 aromatic carbocycles. The van der Waals surface area contributed by atoms with Gasteiger partial charge in [-0.1, -0.05) is 0 Å². The predicted octanol–water partition coefficient (Wildman–Crippen LogP) is -3.38. The highest BCUT2D eigenvalue weighted by atomic mass is 16.5. The van der Waals surface area contributed by atoms with Crippen LogP contribution in [-0.4, -0.2) is 86.4 Å². The monoisotopic (exact) mass is 324 g/mol. The van der Waals surface area contributed by atoms with E-state index in [1.807, 2.05) is 0 Å². The summed E-state index contributed by atoms with van der Waals surface area (Å²) < 4.78 is 5.39. The van der Waals surface area contributed by atoms with Crippen molar-refractivity contribution in [2.24, 2.45) is 11.7 Å². The van der Waals surface area contributed by atoms with Gasteiger partial charge in [-0.3, -0.25) is 4.79 Å². The molecule has 0 bridgehead atoms. The molecule has 1 rings (SSSR count). The van der Waals surface area contributed by atoms with E-state index >= 15 is 0 Å². The minimum atomic E-state index is -1.50. The van der Waals surface area contributed by atoms with E-state index in [0.717, 1.165) is 0 Å². The van der Waals surface area contributed by atoms with E-state index in [1.54, 1.807) is 5.48 Å². The van der Waals surface area contributed by atoms with Gasteiger partial charge in [-0.05, 0) is 19.4 Å². The summed E-state index contributed by atoms with van der Waals surface area (Å²) in [5, 5.41) is 56.2. The second-order valence-corrected chi connectivity index (χ2v) is 5.39. The van der Waals surface area contributed by atoms with E-state index in [-0.39, 0.29) is 19.4 Å². The molecule has 0 spiro atoms. The number of carboxylic acids is 1. The Morgan fingerprint density at radius 1 is 1.18 bits per heavy atom. The van der Waals surface area contributed by atoms with Crippen LogP contribution in [0.15, 0.2) is 0 Å². The van der Waals surface area contributed by atoms with Gasteiger partial charge >= 0.3 is 5.97 Å². The van der Waals surface area contributed by atoms with Crippen LogP contribution in [0.1, 0.15) is 12.8 Å². The first-order valence-electron chi connectivity index (χ1n) is 7.00. The quantitative estimate of drug-likeness (QED) is 0.209. The van der Waals surface area contributed by atoms with Crippen molar-refractivity contribution in [2.75, 3.05) is 13.2 Å². The molecule has 10 heteroatoms. The van der Waals surface area contributed by atoms with Crippen molar-refractivity contribution in [1.82, 2.24) is 5.48 Å². The van der Waals surface area contributed by atoms with Gasteiger partial charge < -0.3 is 41.2 Å². The van der Waals surface area contributed by atoms with E-state index in [0.29, 0.717) is 0 Å². The zero-order valence-electron chi connectivity index (χ0n) is 11.9. The van der Waals surface area contributed by atoms with Crippen LogP contribution in [0, 0.1) is 5.92 Å². The van der Waals surface area contributed by atoms with E-state index in [9.17, 15) is 20.1 Å². The van der Waals surface area contributed by atoms with Gasteiger partial charge in [0.25, 0.3) is 0 Å². The molecule has 0 radical (unpaired) electrons. The smallest absolute Gasteiger partial charge is 0.323 e. The minimum Gasteiger partial charge on any atom is -0.480 e. The summed E-state index contributed by atoms with van der Waals surface area (Å²) in [6.45, 7) is -0.519. The highest BCUT2D eigenvalue weighted by Crippen LogP contribution is 2.28.